The van der Waals surface area contributed by atoms with Gasteiger partial charge in [0.2, 0.25) is 0 Å². The van der Waals surface area contributed by atoms with Gasteiger partial charge in [-0.05, 0) is 42.0 Å². The molecule has 0 radical (unpaired) electrons. The minimum absolute atomic E-state index is 0.0265. The quantitative estimate of drug-likeness (QED) is 0.505. The second-order valence-corrected chi connectivity index (χ2v) is 7.87. The summed E-state index contributed by atoms with van der Waals surface area (Å²) in [5.74, 6) is 0.0925. The van der Waals surface area contributed by atoms with Gasteiger partial charge in [0, 0.05) is 22.7 Å². The number of carbonyl (C=O) groups is 2. The Labute approximate surface area is 190 Å². The molecule has 1 aromatic heterocycles. The van der Waals surface area contributed by atoms with Crippen LogP contribution in [0.5, 0.6) is 11.5 Å². The smallest absolute Gasteiger partial charge is 0.358 e. The lowest BCUT2D eigenvalue weighted by Crippen LogP contribution is -2.27. The molecule has 0 fully saturated rings. The van der Waals surface area contributed by atoms with Crippen LogP contribution in [0.3, 0.4) is 0 Å². The normalized spacial score (nSPS) is 10.9. The van der Waals surface area contributed by atoms with E-state index < -0.39 is 16.9 Å². The van der Waals surface area contributed by atoms with E-state index >= 15 is 0 Å². The molecule has 33 heavy (non-hydrogen) atoms. The Bertz CT molecular complexity index is 1180. The monoisotopic (exact) mass is 451 g/mol. The molecule has 0 aliphatic rings. The highest BCUT2D eigenvalue weighted by Crippen LogP contribution is 2.28. The zero-order valence-electron chi connectivity index (χ0n) is 18.8. The number of aromatic nitrogens is 2. The van der Waals surface area contributed by atoms with Crippen molar-refractivity contribution in [3.8, 4) is 11.5 Å². The number of carbonyl (C=O) groups excluding carboxylic acids is 2. The van der Waals surface area contributed by atoms with Crippen LogP contribution < -0.4 is 20.3 Å². The molecule has 0 saturated carbocycles. The fraction of sp³-hybridized carbons (Fsp3) is 0.250. The van der Waals surface area contributed by atoms with E-state index in [9.17, 15) is 14.4 Å². The van der Waals surface area contributed by atoms with Crippen molar-refractivity contribution in [3.05, 3.63) is 81.8 Å². The fourth-order valence-corrected chi connectivity index (χ4v) is 3.05. The average molecular weight is 451 g/mol. The molecule has 0 saturated heterocycles. The third kappa shape index (κ3) is 5.76. The number of methoxy groups -OCH3 is 2. The zero-order valence-corrected chi connectivity index (χ0v) is 18.8. The molecule has 3 rings (SSSR count). The Morgan fingerprint density at radius 2 is 1.67 bits per heavy atom. The molecule has 9 nitrogen and oxygen atoms in total. The number of benzene rings is 2. The molecule has 0 aliphatic carbocycles. The van der Waals surface area contributed by atoms with Gasteiger partial charge in [-0.25, -0.2) is 9.89 Å². The molecule has 0 atom stereocenters. The molecule has 0 aliphatic heterocycles. The number of hydrogen-bond acceptors (Lipinski definition) is 7. The van der Waals surface area contributed by atoms with Crippen LogP contribution in [0, 0.1) is 0 Å². The fourth-order valence-electron chi connectivity index (χ4n) is 3.05. The Hall–Kier alpha value is -4.14. The average Bonchev–Trinajstić information content (AvgIpc) is 2.82. The Kier molecular flexibility index (Phi) is 7.12. The van der Waals surface area contributed by atoms with Gasteiger partial charge in [0.05, 0.1) is 14.2 Å². The van der Waals surface area contributed by atoms with Crippen LogP contribution in [0.1, 0.15) is 40.3 Å². The molecular formula is C24H25N3O6. The van der Waals surface area contributed by atoms with Crippen molar-refractivity contribution in [1.82, 2.24) is 10.2 Å². The largest absolute Gasteiger partial charge is 0.493 e. The first-order chi connectivity index (χ1) is 15.7. The van der Waals surface area contributed by atoms with Gasteiger partial charge in [-0.1, -0.05) is 26.0 Å². The topological polar surface area (TPSA) is 120 Å². The van der Waals surface area contributed by atoms with Crippen LogP contribution >= 0.6 is 0 Å². The van der Waals surface area contributed by atoms with Gasteiger partial charge in [-0.3, -0.25) is 9.59 Å². The number of nitrogens with one attached hydrogen (secondary N) is 2. The second-order valence-electron chi connectivity index (χ2n) is 7.87. The maximum atomic E-state index is 12.6. The number of esters is 1. The van der Waals surface area contributed by atoms with Gasteiger partial charge in [0.25, 0.3) is 11.5 Å². The molecule has 172 valence electrons. The van der Waals surface area contributed by atoms with Gasteiger partial charge in [0.1, 0.15) is 6.61 Å². The molecule has 9 heteroatoms. The van der Waals surface area contributed by atoms with Gasteiger partial charge in [-0.2, -0.15) is 5.10 Å². The maximum absolute atomic E-state index is 12.6. The van der Waals surface area contributed by atoms with Crippen LogP contribution in [0.15, 0.2) is 59.4 Å². The number of nitrogens with zero attached hydrogens (tertiary/aromatic N) is 1. The van der Waals surface area contributed by atoms with E-state index in [1.165, 1.54) is 26.4 Å². The van der Waals surface area contributed by atoms with E-state index in [1.54, 1.807) is 30.3 Å². The van der Waals surface area contributed by atoms with Crippen molar-refractivity contribution >= 4 is 17.6 Å². The number of aromatic amines is 1. The first-order valence-corrected chi connectivity index (χ1v) is 10.1. The summed E-state index contributed by atoms with van der Waals surface area (Å²) in [5.41, 5.74) is 1.09. The molecule has 1 heterocycles. The lowest BCUT2D eigenvalue weighted by atomic mass is 9.85. The number of rotatable bonds is 8. The van der Waals surface area contributed by atoms with Crippen LogP contribution in [0.2, 0.25) is 0 Å². The minimum Gasteiger partial charge on any atom is -0.493 e. The van der Waals surface area contributed by atoms with E-state index in [2.05, 4.69) is 15.5 Å². The number of anilines is 1. The van der Waals surface area contributed by atoms with E-state index in [-0.39, 0.29) is 18.2 Å². The third-order valence-electron chi connectivity index (χ3n) is 5.02. The molecule has 1 amide bonds. The highest BCUT2D eigenvalue weighted by molar-refractivity contribution is 6.04. The summed E-state index contributed by atoms with van der Waals surface area (Å²) in [7, 11) is 3.04. The number of amides is 1. The van der Waals surface area contributed by atoms with E-state index in [0.29, 0.717) is 22.7 Å². The van der Waals surface area contributed by atoms with E-state index in [1.807, 2.05) is 26.0 Å². The summed E-state index contributed by atoms with van der Waals surface area (Å²) < 4.78 is 15.8. The van der Waals surface area contributed by atoms with Crippen LogP contribution in [0.4, 0.5) is 5.69 Å². The molecule has 0 bridgehead atoms. The Morgan fingerprint density at radius 1 is 0.970 bits per heavy atom. The zero-order chi connectivity index (χ0) is 24.0. The standard InChI is InChI=1S/C24H25N3O6/c1-24(2,14-33-23(30)18-10-12-21(28)27-26-18)16-6-8-17(9-7-16)25-22(29)15-5-11-19(31-3)20(13-15)32-4/h5-13H,14H2,1-4H3,(H,25,29)(H,27,28). The SMILES string of the molecule is COc1ccc(C(=O)Nc2ccc(C(C)(C)COC(=O)c3ccc(=O)[nH]n3)cc2)cc1OC. The van der Waals surface area contributed by atoms with Crippen molar-refractivity contribution < 1.29 is 23.8 Å². The Balaban J connectivity index is 1.63. The molecular weight excluding hydrogens is 426 g/mol. The summed E-state index contributed by atoms with van der Waals surface area (Å²) in [4.78, 5) is 35.8. The molecule has 0 spiro atoms. The summed E-state index contributed by atoms with van der Waals surface area (Å²) in [6, 6.07) is 14.7. The molecule has 2 aromatic carbocycles. The van der Waals surface area contributed by atoms with Crippen molar-refractivity contribution in [1.29, 1.82) is 0 Å². The van der Waals surface area contributed by atoms with E-state index in [4.69, 9.17) is 14.2 Å². The van der Waals surface area contributed by atoms with Gasteiger partial charge in [-0.15, -0.1) is 0 Å². The number of H-pyrrole nitrogens is 1. The van der Waals surface area contributed by atoms with Crippen LogP contribution in [-0.4, -0.2) is 42.9 Å². The summed E-state index contributed by atoms with van der Waals surface area (Å²) in [5, 5.41) is 8.71. The van der Waals surface area contributed by atoms with Gasteiger partial charge >= 0.3 is 5.97 Å². The van der Waals surface area contributed by atoms with Crippen LogP contribution in [-0.2, 0) is 10.2 Å². The number of ether oxygens (including phenoxy) is 3. The predicted octanol–water partition coefficient (Wildman–Crippen LogP) is 3.17. The van der Waals surface area contributed by atoms with Crippen molar-refractivity contribution in [2.75, 3.05) is 26.1 Å². The summed E-state index contributed by atoms with van der Waals surface area (Å²) in [6.45, 7) is 3.96. The lowest BCUT2D eigenvalue weighted by Gasteiger charge is -2.25. The van der Waals surface area contributed by atoms with Crippen molar-refractivity contribution in [2.24, 2.45) is 0 Å². The minimum atomic E-state index is -0.627. The van der Waals surface area contributed by atoms with Gasteiger partial charge in [0.15, 0.2) is 17.2 Å². The van der Waals surface area contributed by atoms with Gasteiger partial charge < -0.3 is 19.5 Å². The number of hydrogen-bond donors (Lipinski definition) is 2. The maximum Gasteiger partial charge on any atom is 0.358 e. The van der Waals surface area contributed by atoms with E-state index in [0.717, 1.165) is 5.56 Å². The lowest BCUT2D eigenvalue weighted by molar-refractivity contribution is 0.0418. The summed E-state index contributed by atoms with van der Waals surface area (Å²) >= 11 is 0. The summed E-state index contributed by atoms with van der Waals surface area (Å²) in [6.07, 6.45) is 0. The molecule has 0 unspecified atom stereocenters. The predicted molar refractivity (Wildman–Crippen MR) is 122 cm³/mol. The highest BCUT2D eigenvalue weighted by atomic mass is 16.5. The molecule has 2 N–H and O–H groups in total. The highest BCUT2D eigenvalue weighted by Gasteiger charge is 2.24. The Morgan fingerprint density at radius 3 is 2.27 bits per heavy atom. The van der Waals surface area contributed by atoms with Crippen LogP contribution in [0.25, 0.3) is 0 Å². The van der Waals surface area contributed by atoms with Crippen molar-refractivity contribution in [3.63, 3.8) is 0 Å². The third-order valence-corrected chi connectivity index (χ3v) is 5.02. The second kappa shape index (κ2) is 9.99. The van der Waals surface area contributed by atoms with Crippen molar-refractivity contribution in [2.45, 2.75) is 19.3 Å². The first kappa shape index (κ1) is 23.5. The first-order valence-electron chi connectivity index (χ1n) is 10.1. The molecule has 3 aromatic rings.